The molecular weight excluding hydrogens is 168 g/mol. The molecule has 1 aromatic heterocycles. The minimum atomic E-state index is 0.119. The summed E-state index contributed by atoms with van der Waals surface area (Å²) < 4.78 is 0. The van der Waals surface area contributed by atoms with Gasteiger partial charge in [-0.15, -0.1) is 0 Å². The number of carbonyl (C=O) groups is 1. The minimum Gasteiger partial charge on any atom is -0.289 e. The molecule has 1 rings (SSSR count). The van der Waals surface area contributed by atoms with Crippen molar-refractivity contribution >= 4 is 17.1 Å². The van der Waals surface area contributed by atoms with Crippen LogP contribution in [-0.2, 0) is 0 Å². The zero-order chi connectivity index (χ0) is 9.14. The molecule has 0 aromatic carbocycles. The maximum absolute atomic E-state index is 11.5. The molecule has 2 heteroatoms. The first kappa shape index (κ1) is 9.20. The quantitative estimate of drug-likeness (QED) is 0.504. The first-order valence-corrected chi connectivity index (χ1v) is 4.77. The van der Waals surface area contributed by atoms with E-state index >= 15 is 0 Å². The fourth-order valence-electron chi connectivity index (χ4n) is 0.953. The van der Waals surface area contributed by atoms with Gasteiger partial charge in [0.2, 0.25) is 0 Å². The van der Waals surface area contributed by atoms with Gasteiger partial charge in [0.1, 0.15) is 0 Å². The van der Waals surface area contributed by atoms with Crippen molar-refractivity contribution in [2.45, 2.75) is 20.8 Å². The topological polar surface area (TPSA) is 17.1 Å². The van der Waals surface area contributed by atoms with Crippen molar-refractivity contribution in [2.75, 3.05) is 0 Å². The Morgan fingerprint density at radius 1 is 1.42 bits per heavy atom. The van der Waals surface area contributed by atoms with Crippen molar-refractivity contribution in [2.24, 2.45) is 0 Å². The standard InChI is InChI=1S/C10H12OS/c1-7(2)4-10(11)9-6-12-5-8(9)3/h4-6H,1-3H3. The average molecular weight is 180 g/mol. The normalized spacial score (nSPS) is 9.58. The predicted molar refractivity (Wildman–Crippen MR) is 52.8 cm³/mol. The lowest BCUT2D eigenvalue weighted by Gasteiger charge is -1.93. The van der Waals surface area contributed by atoms with Gasteiger partial charge in [-0.25, -0.2) is 0 Å². The number of ketones is 1. The van der Waals surface area contributed by atoms with Gasteiger partial charge in [0.15, 0.2) is 5.78 Å². The second-order valence-electron chi connectivity index (χ2n) is 3.05. The van der Waals surface area contributed by atoms with Crippen molar-refractivity contribution < 1.29 is 4.79 Å². The number of hydrogen-bond acceptors (Lipinski definition) is 2. The van der Waals surface area contributed by atoms with Crippen LogP contribution in [0.4, 0.5) is 0 Å². The van der Waals surface area contributed by atoms with E-state index in [9.17, 15) is 4.79 Å². The predicted octanol–water partition coefficient (Wildman–Crippen LogP) is 3.21. The summed E-state index contributed by atoms with van der Waals surface area (Å²) in [7, 11) is 0. The molecule has 64 valence electrons. The minimum absolute atomic E-state index is 0.119. The number of aryl methyl sites for hydroxylation is 1. The molecule has 0 atom stereocenters. The van der Waals surface area contributed by atoms with Crippen molar-refractivity contribution in [1.82, 2.24) is 0 Å². The van der Waals surface area contributed by atoms with Crippen LogP contribution in [0.25, 0.3) is 0 Å². The molecule has 0 amide bonds. The molecule has 0 radical (unpaired) electrons. The molecule has 1 nitrogen and oxygen atoms in total. The molecule has 1 heterocycles. The second kappa shape index (κ2) is 3.68. The highest BCUT2D eigenvalue weighted by Gasteiger charge is 2.05. The summed E-state index contributed by atoms with van der Waals surface area (Å²) in [6, 6.07) is 0. The molecule has 0 spiro atoms. The van der Waals surface area contributed by atoms with Crippen LogP contribution >= 0.6 is 11.3 Å². The maximum atomic E-state index is 11.5. The lowest BCUT2D eigenvalue weighted by atomic mass is 10.1. The first-order valence-electron chi connectivity index (χ1n) is 3.83. The van der Waals surface area contributed by atoms with E-state index in [1.165, 1.54) is 0 Å². The van der Waals surface area contributed by atoms with Gasteiger partial charge in [0.25, 0.3) is 0 Å². The fraction of sp³-hybridized carbons (Fsp3) is 0.300. The zero-order valence-electron chi connectivity index (χ0n) is 7.55. The second-order valence-corrected chi connectivity index (χ2v) is 3.80. The number of rotatable bonds is 2. The van der Waals surface area contributed by atoms with E-state index in [-0.39, 0.29) is 5.78 Å². The van der Waals surface area contributed by atoms with E-state index in [0.29, 0.717) is 0 Å². The van der Waals surface area contributed by atoms with E-state index in [4.69, 9.17) is 0 Å². The molecule has 0 aliphatic carbocycles. The number of carbonyl (C=O) groups excluding carboxylic acids is 1. The molecule has 1 aromatic rings. The first-order chi connectivity index (χ1) is 5.61. The zero-order valence-corrected chi connectivity index (χ0v) is 8.37. The van der Waals surface area contributed by atoms with Crippen LogP contribution in [0.3, 0.4) is 0 Å². The Bertz CT molecular complexity index is 316. The third-order valence-corrected chi connectivity index (χ3v) is 2.40. The van der Waals surface area contributed by atoms with Crippen molar-refractivity contribution in [3.8, 4) is 0 Å². The van der Waals surface area contributed by atoms with Crippen molar-refractivity contribution in [3.63, 3.8) is 0 Å². The van der Waals surface area contributed by atoms with Crippen LogP contribution < -0.4 is 0 Å². The van der Waals surface area contributed by atoms with Crippen LogP contribution in [-0.4, -0.2) is 5.78 Å². The van der Waals surface area contributed by atoms with Gasteiger partial charge in [0, 0.05) is 10.9 Å². The monoisotopic (exact) mass is 180 g/mol. The van der Waals surface area contributed by atoms with Gasteiger partial charge < -0.3 is 0 Å². The maximum Gasteiger partial charge on any atom is 0.186 e. The average Bonchev–Trinajstić information content (AvgIpc) is 2.33. The SMILES string of the molecule is CC(C)=CC(=O)c1cscc1C. The number of allylic oxidation sites excluding steroid dienone is 2. The fourth-order valence-corrected chi connectivity index (χ4v) is 1.79. The third-order valence-electron chi connectivity index (χ3n) is 1.54. The number of hydrogen-bond donors (Lipinski definition) is 0. The van der Waals surface area contributed by atoms with Crippen molar-refractivity contribution in [3.05, 3.63) is 33.5 Å². The Kier molecular flexibility index (Phi) is 2.82. The Morgan fingerprint density at radius 2 is 2.08 bits per heavy atom. The molecule has 0 aliphatic rings. The molecule has 0 fully saturated rings. The van der Waals surface area contributed by atoms with Crippen LogP contribution in [0.5, 0.6) is 0 Å². The Labute approximate surface area is 76.7 Å². The van der Waals surface area contributed by atoms with Gasteiger partial charge in [0.05, 0.1) is 0 Å². The molecule has 0 saturated carbocycles. The van der Waals surface area contributed by atoms with E-state index in [0.717, 1.165) is 16.7 Å². The van der Waals surface area contributed by atoms with Gasteiger partial charge in [-0.1, -0.05) is 5.57 Å². The van der Waals surface area contributed by atoms with E-state index in [2.05, 4.69) is 0 Å². The van der Waals surface area contributed by atoms with E-state index in [1.54, 1.807) is 17.4 Å². The lowest BCUT2D eigenvalue weighted by Crippen LogP contribution is -1.94. The van der Waals surface area contributed by atoms with E-state index in [1.807, 2.05) is 31.5 Å². The highest BCUT2D eigenvalue weighted by Crippen LogP contribution is 2.15. The molecule has 0 N–H and O–H groups in total. The highest BCUT2D eigenvalue weighted by molar-refractivity contribution is 7.08. The molecule has 0 bridgehead atoms. The summed E-state index contributed by atoms with van der Waals surface area (Å²) in [5.41, 5.74) is 2.95. The summed E-state index contributed by atoms with van der Waals surface area (Å²) in [5.74, 6) is 0.119. The van der Waals surface area contributed by atoms with Gasteiger partial charge in [-0.3, -0.25) is 4.79 Å². The lowest BCUT2D eigenvalue weighted by molar-refractivity contribution is 0.104. The summed E-state index contributed by atoms with van der Waals surface area (Å²) in [4.78, 5) is 11.5. The van der Waals surface area contributed by atoms with E-state index < -0.39 is 0 Å². The van der Waals surface area contributed by atoms with Crippen LogP contribution in [0.15, 0.2) is 22.4 Å². The third kappa shape index (κ3) is 2.05. The van der Waals surface area contributed by atoms with Crippen LogP contribution in [0, 0.1) is 6.92 Å². The Balaban J connectivity index is 2.93. The van der Waals surface area contributed by atoms with Gasteiger partial charge >= 0.3 is 0 Å². The van der Waals surface area contributed by atoms with Gasteiger partial charge in [-0.2, -0.15) is 11.3 Å². The molecule has 0 aliphatic heterocycles. The summed E-state index contributed by atoms with van der Waals surface area (Å²) in [6.07, 6.45) is 1.68. The number of thiophene rings is 1. The van der Waals surface area contributed by atoms with Crippen LogP contribution in [0.2, 0.25) is 0 Å². The Hall–Kier alpha value is -0.890. The molecule has 12 heavy (non-hydrogen) atoms. The molecule has 0 saturated heterocycles. The highest BCUT2D eigenvalue weighted by atomic mass is 32.1. The molecular formula is C10H12OS. The summed E-state index contributed by atoms with van der Waals surface area (Å²) in [5, 5.41) is 3.89. The summed E-state index contributed by atoms with van der Waals surface area (Å²) in [6.45, 7) is 5.82. The smallest absolute Gasteiger partial charge is 0.186 e. The largest absolute Gasteiger partial charge is 0.289 e. The van der Waals surface area contributed by atoms with Crippen LogP contribution in [0.1, 0.15) is 29.8 Å². The van der Waals surface area contributed by atoms with Crippen molar-refractivity contribution in [1.29, 1.82) is 0 Å². The molecule has 0 unspecified atom stereocenters. The summed E-state index contributed by atoms with van der Waals surface area (Å²) >= 11 is 1.57. The van der Waals surface area contributed by atoms with Gasteiger partial charge in [-0.05, 0) is 37.8 Å². The Morgan fingerprint density at radius 3 is 2.50 bits per heavy atom.